The Balaban J connectivity index is 1.76. The lowest BCUT2D eigenvalue weighted by Gasteiger charge is -2.43. The molecule has 2 aliphatic rings. The van der Waals surface area contributed by atoms with E-state index in [9.17, 15) is 0 Å². The first-order valence-corrected chi connectivity index (χ1v) is 11.8. The highest BCUT2D eigenvalue weighted by molar-refractivity contribution is 4.82. The second kappa shape index (κ2) is 13.1. The van der Waals surface area contributed by atoms with Crippen LogP contribution < -0.4 is 5.32 Å². The van der Waals surface area contributed by atoms with Crippen LogP contribution in [-0.4, -0.2) is 97.4 Å². The van der Waals surface area contributed by atoms with Gasteiger partial charge in [-0.2, -0.15) is 0 Å². The summed E-state index contributed by atoms with van der Waals surface area (Å²) >= 11 is 0. The average Bonchev–Trinajstić information content (AvgIpc) is 2.73. The molecule has 2 aliphatic heterocycles. The summed E-state index contributed by atoms with van der Waals surface area (Å²) in [4.78, 5) is 10.6. The van der Waals surface area contributed by atoms with Gasteiger partial charge < -0.3 is 9.80 Å². The van der Waals surface area contributed by atoms with Gasteiger partial charge in [0.25, 0.3) is 0 Å². The van der Waals surface area contributed by atoms with Crippen LogP contribution in [0.5, 0.6) is 0 Å². The maximum Gasteiger partial charge on any atom is 0.0777 e. The highest BCUT2D eigenvalue weighted by Gasteiger charge is 2.29. The van der Waals surface area contributed by atoms with Gasteiger partial charge in [0.05, 0.1) is 12.3 Å². The van der Waals surface area contributed by atoms with E-state index in [4.69, 9.17) is 5.32 Å². The monoisotopic (exact) mass is 380 g/mol. The van der Waals surface area contributed by atoms with Crippen molar-refractivity contribution in [1.82, 2.24) is 24.9 Å². The fourth-order valence-corrected chi connectivity index (χ4v) is 4.45. The molecule has 0 aromatic carbocycles. The van der Waals surface area contributed by atoms with E-state index in [0.717, 1.165) is 12.8 Å². The Morgan fingerprint density at radius 1 is 0.593 bits per heavy atom. The van der Waals surface area contributed by atoms with Crippen molar-refractivity contribution >= 4 is 0 Å². The zero-order chi connectivity index (χ0) is 19.5. The highest BCUT2D eigenvalue weighted by atomic mass is 15.4. The lowest BCUT2D eigenvalue weighted by molar-refractivity contribution is 0.0254. The van der Waals surface area contributed by atoms with Crippen LogP contribution in [0.2, 0.25) is 0 Å². The van der Waals surface area contributed by atoms with E-state index in [1.807, 2.05) is 0 Å². The maximum atomic E-state index is 5.35. The minimum atomic E-state index is 0.404. The number of hydrogen-bond acceptors (Lipinski definition) is 4. The first-order valence-electron chi connectivity index (χ1n) is 11.8. The summed E-state index contributed by atoms with van der Waals surface area (Å²) in [5.41, 5.74) is 0. The molecular weight excluding hydrogens is 334 g/mol. The summed E-state index contributed by atoms with van der Waals surface area (Å²) in [5, 5.41) is 5.35. The van der Waals surface area contributed by atoms with Crippen molar-refractivity contribution in [1.29, 1.82) is 0 Å². The fourth-order valence-electron chi connectivity index (χ4n) is 4.45. The lowest BCUT2D eigenvalue weighted by Crippen LogP contribution is -2.58. The first-order chi connectivity index (χ1) is 13.2. The normalized spacial score (nSPS) is 23.6. The van der Waals surface area contributed by atoms with Crippen molar-refractivity contribution in [3.05, 3.63) is 0 Å². The van der Waals surface area contributed by atoms with Crippen molar-refractivity contribution in [2.24, 2.45) is 0 Å². The number of rotatable bonds is 12. The third-order valence-electron chi connectivity index (χ3n) is 6.39. The number of nitrogens with zero attached hydrogens (tertiary/aromatic N) is 5. The third kappa shape index (κ3) is 7.62. The van der Waals surface area contributed by atoms with Crippen LogP contribution in [0.15, 0.2) is 0 Å². The molecule has 0 amide bonds. The fraction of sp³-hybridized carbons (Fsp3) is 1.00. The van der Waals surface area contributed by atoms with Gasteiger partial charge >= 0.3 is 0 Å². The van der Waals surface area contributed by atoms with Crippen molar-refractivity contribution in [3.8, 4) is 0 Å². The van der Waals surface area contributed by atoms with Crippen LogP contribution in [0.1, 0.15) is 66.2 Å². The van der Waals surface area contributed by atoms with Gasteiger partial charge in [0, 0.05) is 52.4 Å². The molecule has 0 aromatic heterocycles. The molecule has 159 valence electrons. The lowest BCUT2D eigenvalue weighted by atomic mass is 10.2. The van der Waals surface area contributed by atoms with Crippen LogP contribution in [0.3, 0.4) is 0 Å². The minimum absolute atomic E-state index is 0.404. The molecule has 5 heteroatoms. The summed E-state index contributed by atoms with van der Waals surface area (Å²) in [7, 11) is 0. The zero-order valence-electron chi connectivity index (χ0n) is 18.7. The summed E-state index contributed by atoms with van der Waals surface area (Å²) in [6.07, 6.45) is 8.37. The molecule has 2 saturated heterocycles. The molecule has 27 heavy (non-hydrogen) atoms. The van der Waals surface area contributed by atoms with E-state index >= 15 is 0 Å². The quantitative estimate of drug-likeness (QED) is 0.520. The third-order valence-corrected chi connectivity index (χ3v) is 6.39. The summed E-state index contributed by atoms with van der Waals surface area (Å²) in [6, 6.07) is 0. The van der Waals surface area contributed by atoms with Crippen LogP contribution >= 0.6 is 0 Å². The van der Waals surface area contributed by atoms with Gasteiger partial charge in [-0.1, -0.05) is 40.5 Å². The SMILES string of the molecule is CCCCN1CCN(C(CC)[N]C(CC)N2CCN(CCCC)CC2)CC1. The molecule has 0 aromatic rings. The molecule has 2 unspecified atom stereocenters. The van der Waals surface area contributed by atoms with Crippen LogP contribution in [0.4, 0.5) is 0 Å². The van der Waals surface area contributed by atoms with Crippen molar-refractivity contribution in [3.63, 3.8) is 0 Å². The second-order valence-corrected chi connectivity index (χ2v) is 8.39. The van der Waals surface area contributed by atoms with Crippen molar-refractivity contribution in [2.45, 2.75) is 78.6 Å². The van der Waals surface area contributed by atoms with Gasteiger partial charge in [0.2, 0.25) is 0 Å². The Morgan fingerprint density at radius 3 is 1.26 bits per heavy atom. The number of unbranched alkanes of at least 4 members (excludes halogenated alkanes) is 2. The van der Waals surface area contributed by atoms with E-state index < -0.39 is 0 Å². The van der Waals surface area contributed by atoms with Gasteiger partial charge in [0.1, 0.15) is 0 Å². The molecule has 2 atom stereocenters. The predicted octanol–water partition coefficient (Wildman–Crippen LogP) is 2.90. The van der Waals surface area contributed by atoms with E-state index in [1.54, 1.807) is 0 Å². The summed E-state index contributed by atoms with van der Waals surface area (Å²) < 4.78 is 0. The standard InChI is InChI=1S/C22H46N5/c1-5-9-11-24-13-17-26(18-14-24)21(7-3)23-22(8-4)27-19-15-25(16-20-27)12-10-6-2/h21-22H,5-20H2,1-4H3. The molecule has 2 fully saturated rings. The average molecular weight is 381 g/mol. The van der Waals surface area contributed by atoms with Gasteiger partial charge in [-0.3, -0.25) is 9.80 Å². The van der Waals surface area contributed by atoms with Crippen molar-refractivity contribution < 1.29 is 0 Å². The minimum Gasteiger partial charge on any atom is -0.301 e. The number of hydrogen-bond donors (Lipinski definition) is 0. The largest absolute Gasteiger partial charge is 0.301 e. The molecule has 5 nitrogen and oxygen atoms in total. The molecule has 2 heterocycles. The predicted molar refractivity (Wildman–Crippen MR) is 116 cm³/mol. The Kier molecular flexibility index (Phi) is 11.2. The Bertz CT molecular complexity index is 328. The highest BCUT2D eigenvalue weighted by Crippen LogP contribution is 2.15. The smallest absolute Gasteiger partial charge is 0.0777 e. The second-order valence-electron chi connectivity index (χ2n) is 8.39. The van der Waals surface area contributed by atoms with Gasteiger partial charge in [-0.25, -0.2) is 5.32 Å². The summed E-state index contributed by atoms with van der Waals surface area (Å²) in [5.74, 6) is 0. The van der Waals surface area contributed by atoms with E-state index in [1.165, 1.54) is 91.1 Å². The molecule has 0 saturated carbocycles. The van der Waals surface area contributed by atoms with E-state index in [0.29, 0.717) is 12.3 Å². The number of piperazine rings is 2. The van der Waals surface area contributed by atoms with Crippen molar-refractivity contribution in [2.75, 3.05) is 65.4 Å². The Morgan fingerprint density at radius 2 is 0.963 bits per heavy atom. The molecule has 0 N–H and O–H groups in total. The summed E-state index contributed by atoms with van der Waals surface area (Å²) in [6.45, 7) is 21.4. The topological polar surface area (TPSA) is 27.1 Å². The molecule has 0 spiro atoms. The van der Waals surface area contributed by atoms with Gasteiger partial charge in [-0.15, -0.1) is 0 Å². The molecule has 0 aliphatic carbocycles. The van der Waals surface area contributed by atoms with E-state index in [2.05, 4.69) is 47.3 Å². The zero-order valence-corrected chi connectivity index (χ0v) is 18.7. The Hall–Kier alpha value is -0.200. The Labute approximate surface area is 169 Å². The van der Waals surface area contributed by atoms with Crippen LogP contribution in [-0.2, 0) is 0 Å². The molecular formula is C22H46N5. The van der Waals surface area contributed by atoms with Crippen LogP contribution in [0, 0.1) is 0 Å². The molecule has 0 bridgehead atoms. The molecule has 2 rings (SSSR count). The molecule has 1 radical (unpaired) electrons. The maximum absolute atomic E-state index is 5.35. The van der Waals surface area contributed by atoms with Gasteiger partial charge in [0.15, 0.2) is 0 Å². The first kappa shape index (κ1) is 23.1. The van der Waals surface area contributed by atoms with Gasteiger partial charge in [-0.05, 0) is 38.8 Å². The van der Waals surface area contributed by atoms with Crippen LogP contribution in [0.25, 0.3) is 0 Å². The van der Waals surface area contributed by atoms with E-state index in [-0.39, 0.29) is 0 Å².